The van der Waals surface area contributed by atoms with Gasteiger partial charge in [0.1, 0.15) is 0 Å². The van der Waals surface area contributed by atoms with Gasteiger partial charge in [0.2, 0.25) is 7.37 Å². The molecule has 2 nitrogen and oxygen atoms in total. The summed E-state index contributed by atoms with van der Waals surface area (Å²) in [5, 5.41) is 0. The fourth-order valence-electron chi connectivity index (χ4n) is 2.05. The average Bonchev–Trinajstić information content (AvgIpc) is 2.16. The summed E-state index contributed by atoms with van der Waals surface area (Å²) in [5.41, 5.74) is 0.132. The van der Waals surface area contributed by atoms with Crippen molar-refractivity contribution in [1.29, 1.82) is 0 Å². The van der Waals surface area contributed by atoms with Crippen molar-refractivity contribution < 1.29 is 28.9 Å². The predicted octanol–water partition coefficient (Wildman–Crippen LogP) is 2.20. The number of unbranched alkanes of at least 4 members (excludes halogenated alkanes) is 1. The molecule has 86 valence electrons. The molecule has 1 aliphatic carbocycles. The third-order valence-corrected chi connectivity index (χ3v) is 5.59. The van der Waals surface area contributed by atoms with Gasteiger partial charge in [-0.25, -0.2) is 0 Å². The summed E-state index contributed by atoms with van der Waals surface area (Å²) in [5.74, 6) is 0. The summed E-state index contributed by atoms with van der Waals surface area (Å²) in [4.78, 5) is 9.83. The maximum atomic E-state index is 11.9. The second kappa shape index (κ2) is 9.38. The van der Waals surface area contributed by atoms with E-state index < -0.39 is 7.37 Å². The molecule has 0 aromatic heterocycles. The van der Waals surface area contributed by atoms with Crippen LogP contribution >= 0.6 is 7.37 Å². The normalized spacial score (nSPS) is 20.9. The fraction of sp³-hybridized carbons (Fsp3) is 1.00. The van der Waals surface area contributed by atoms with Gasteiger partial charge in [-0.05, 0) is 19.3 Å². The first-order chi connectivity index (χ1) is 6.17. The van der Waals surface area contributed by atoms with E-state index in [1.54, 1.807) is 0 Å². The Hall–Kier alpha value is 1.35. The van der Waals surface area contributed by atoms with Gasteiger partial charge in [0, 0.05) is 31.3 Å². The van der Waals surface area contributed by atoms with Gasteiger partial charge in [-0.2, -0.15) is 0 Å². The van der Waals surface area contributed by atoms with Crippen LogP contribution in [0.5, 0.6) is 0 Å². The van der Waals surface area contributed by atoms with Crippen LogP contribution in [-0.2, 0) is 24.0 Å². The van der Waals surface area contributed by atoms with Gasteiger partial charge in [0.15, 0.2) is 17.4 Å². The molecule has 1 unspecified atom stereocenters. The summed E-state index contributed by atoms with van der Waals surface area (Å²) in [7, 11) is -2.78. The topological polar surface area (TPSA) is 37.3 Å². The minimum absolute atomic E-state index is 0. The van der Waals surface area contributed by atoms with E-state index in [0.29, 0.717) is 6.16 Å². The minimum atomic E-state index is -2.78. The predicted molar refractivity (Wildman–Crippen MR) is 66.4 cm³/mol. The van der Waals surface area contributed by atoms with E-state index in [9.17, 15) is 9.46 Å². The molecule has 0 bridgehead atoms. The average molecular weight is 300 g/mol. The third kappa shape index (κ3) is 6.60. The largest absolute Gasteiger partial charge is 0.344 e. The van der Waals surface area contributed by atoms with Crippen molar-refractivity contribution in [1.82, 2.24) is 0 Å². The first kappa shape index (κ1) is 18.7. The van der Waals surface area contributed by atoms with Crippen molar-refractivity contribution >= 4 is 24.7 Å². The number of hydrogen-bond acceptors (Lipinski definition) is 1. The van der Waals surface area contributed by atoms with Crippen LogP contribution < -0.4 is 0 Å². The first-order valence-electron chi connectivity index (χ1n) is 5.48. The summed E-state index contributed by atoms with van der Waals surface area (Å²) in [6.07, 6.45) is 8.01. The number of hydrogen-bond donors (Lipinski definition) is 1. The van der Waals surface area contributed by atoms with Crippen molar-refractivity contribution in [3.05, 3.63) is 0 Å². The zero-order valence-electron chi connectivity index (χ0n) is 9.24. The molecule has 0 saturated heterocycles. The molecule has 0 spiro atoms. The van der Waals surface area contributed by atoms with E-state index in [-0.39, 0.29) is 42.5 Å². The SMILES string of the molecule is CCCCP(=O)(O)C1CCCCC1.[AlH3].[Zn]. The molecule has 1 atom stereocenters. The maximum absolute atomic E-state index is 11.9. The molecule has 1 fully saturated rings. The van der Waals surface area contributed by atoms with E-state index in [1.807, 2.05) is 0 Å². The third-order valence-electron chi connectivity index (χ3n) is 2.98. The molecule has 0 amide bonds. The first-order valence-corrected chi connectivity index (χ1v) is 7.39. The zero-order valence-corrected chi connectivity index (χ0v) is 13.1. The van der Waals surface area contributed by atoms with E-state index in [0.717, 1.165) is 38.5 Å². The summed E-state index contributed by atoms with van der Waals surface area (Å²) < 4.78 is 11.9. The van der Waals surface area contributed by atoms with E-state index in [2.05, 4.69) is 6.92 Å². The van der Waals surface area contributed by atoms with Gasteiger partial charge in [0.05, 0.1) is 0 Å². The standard InChI is InChI=1S/C10H21O2P.Al.Zn.3H/c1-2-3-9-13(11,12)10-7-5-4-6-8-10;;;;;/h10H,2-9H2,1H3,(H,11,12);;;;;. The molecule has 0 heterocycles. The summed E-state index contributed by atoms with van der Waals surface area (Å²) >= 11 is 0. The van der Waals surface area contributed by atoms with Gasteiger partial charge in [-0.3, -0.25) is 4.57 Å². The monoisotopic (exact) mass is 298 g/mol. The zero-order chi connectivity index (χ0) is 9.73. The summed E-state index contributed by atoms with van der Waals surface area (Å²) in [6, 6.07) is 0. The Morgan fingerprint density at radius 2 is 1.80 bits per heavy atom. The van der Waals surface area contributed by atoms with E-state index >= 15 is 0 Å². The second-order valence-electron chi connectivity index (χ2n) is 4.12. The Labute approximate surface area is 117 Å². The molecule has 15 heavy (non-hydrogen) atoms. The fourth-order valence-corrected chi connectivity index (χ4v) is 4.36. The molecule has 0 radical (unpaired) electrons. The van der Waals surface area contributed by atoms with Crippen LogP contribution in [0.2, 0.25) is 0 Å². The molecule has 0 aromatic carbocycles. The van der Waals surface area contributed by atoms with Crippen LogP contribution in [0, 0.1) is 0 Å². The smallest absolute Gasteiger partial charge is 0.203 e. The Kier molecular flexibility index (Phi) is 11.7. The second-order valence-corrected chi connectivity index (χ2v) is 6.81. The van der Waals surface area contributed by atoms with E-state index in [4.69, 9.17) is 0 Å². The molecule has 1 saturated carbocycles. The molecular weight excluding hydrogens is 275 g/mol. The molecule has 0 aromatic rings. The molecule has 1 rings (SSSR count). The van der Waals surface area contributed by atoms with Crippen LogP contribution in [0.4, 0.5) is 0 Å². The van der Waals surface area contributed by atoms with Crippen LogP contribution in [0.3, 0.4) is 0 Å². The Bertz CT molecular complexity index is 196. The Morgan fingerprint density at radius 1 is 1.27 bits per heavy atom. The van der Waals surface area contributed by atoms with Crippen molar-refractivity contribution in [2.75, 3.05) is 6.16 Å². The van der Waals surface area contributed by atoms with Crippen molar-refractivity contribution in [2.24, 2.45) is 0 Å². The Balaban J connectivity index is 0. The maximum Gasteiger partial charge on any atom is 0.203 e. The van der Waals surface area contributed by atoms with E-state index in [1.165, 1.54) is 6.42 Å². The molecular formula is C10H24AlO2PZn. The van der Waals surface area contributed by atoms with Gasteiger partial charge >= 0.3 is 0 Å². The van der Waals surface area contributed by atoms with Crippen LogP contribution in [-0.4, -0.2) is 34.1 Å². The minimum Gasteiger partial charge on any atom is -0.344 e. The van der Waals surface area contributed by atoms with Crippen LogP contribution in [0.25, 0.3) is 0 Å². The molecule has 5 heteroatoms. The van der Waals surface area contributed by atoms with Crippen LogP contribution in [0.1, 0.15) is 51.9 Å². The van der Waals surface area contributed by atoms with Gasteiger partial charge in [-0.1, -0.05) is 32.6 Å². The van der Waals surface area contributed by atoms with Gasteiger partial charge in [0.25, 0.3) is 0 Å². The molecule has 1 N–H and O–H groups in total. The summed E-state index contributed by atoms with van der Waals surface area (Å²) in [6.45, 7) is 2.07. The van der Waals surface area contributed by atoms with Crippen molar-refractivity contribution in [3.8, 4) is 0 Å². The Morgan fingerprint density at radius 3 is 2.27 bits per heavy atom. The van der Waals surface area contributed by atoms with Gasteiger partial charge < -0.3 is 4.89 Å². The van der Waals surface area contributed by atoms with Crippen molar-refractivity contribution in [2.45, 2.75) is 57.5 Å². The van der Waals surface area contributed by atoms with Crippen LogP contribution in [0.15, 0.2) is 0 Å². The van der Waals surface area contributed by atoms with Crippen molar-refractivity contribution in [3.63, 3.8) is 0 Å². The quantitative estimate of drug-likeness (QED) is 0.638. The van der Waals surface area contributed by atoms with Gasteiger partial charge in [-0.15, -0.1) is 0 Å². The number of rotatable bonds is 4. The molecule has 1 aliphatic rings. The molecule has 0 aliphatic heterocycles.